The summed E-state index contributed by atoms with van der Waals surface area (Å²) in [5.74, 6) is 0. The summed E-state index contributed by atoms with van der Waals surface area (Å²) in [6.45, 7) is 3.23. The standard InChI is InChI=1S/C7H16O2Te/c1-2-3-7-10-9-6-4-5-8/h8H,2-7H2,1H3. The molecule has 0 saturated heterocycles. The zero-order valence-electron chi connectivity index (χ0n) is 6.51. The molecule has 0 amide bonds. The Morgan fingerprint density at radius 3 is 2.80 bits per heavy atom. The van der Waals surface area contributed by atoms with Crippen molar-refractivity contribution in [3.05, 3.63) is 0 Å². The average molecular weight is 260 g/mol. The van der Waals surface area contributed by atoms with Gasteiger partial charge in [-0.3, -0.25) is 0 Å². The molecule has 0 radical (unpaired) electrons. The zero-order valence-corrected chi connectivity index (χ0v) is 8.84. The Morgan fingerprint density at radius 1 is 1.40 bits per heavy atom. The number of rotatable bonds is 7. The summed E-state index contributed by atoms with van der Waals surface area (Å²) < 4.78 is 6.63. The molecule has 0 aliphatic rings. The number of aliphatic hydroxyl groups excluding tert-OH is 1. The molecule has 0 aliphatic carbocycles. The summed E-state index contributed by atoms with van der Waals surface area (Å²) >= 11 is -0.162. The number of unbranched alkanes of at least 4 members (excludes halogenated alkanes) is 1. The molecule has 0 fully saturated rings. The van der Waals surface area contributed by atoms with Crippen LogP contribution in [0.5, 0.6) is 0 Å². The minimum atomic E-state index is -0.162. The molecule has 0 aromatic rings. The number of hydrogen-bond acceptors (Lipinski definition) is 2. The molecule has 0 aliphatic heterocycles. The van der Waals surface area contributed by atoms with Crippen LogP contribution < -0.4 is 0 Å². The van der Waals surface area contributed by atoms with Crippen molar-refractivity contribution < 1.29 is 8.21 Å². The Hall–Kier alpha value is 0.710. The normalized spacial score (nSPS) is 10.2. The summed E-state index contributed by atoms with van der Waals surface area (Å²) in [6.07, 6.45) is 3.38. The van der Waals surface area contributed by atoms with Crippen LogP contribution in [0, 0.1) is 0 Å². The number of aliphatic hydroxyl groups is 1. The summed E-state index contributed by atoms with van der Waals surface area (Å²) in [6, 6.07) is 0. The van der Waals surface area contributed by atoms with Gasteiger partial charge in [-0.2, -0.15) is 0 Å². The predicted octanol–water partition coefficient (Wildman–Crippen LogP) is 1.22. The van der Waals surface area contributed by atoms with E-state index in [1.165, 1.54) is 17.3 Å². The quantitative estimate of drug-likeness (QED) is 0.550. The fourth-order valence-corrected chi connectivity index (χ4v) is 2.61. The van der Waals surface area contributed by atoms with Gasteiger partial charge in [0, 0.05) is 0 Å². The Kier molecular flexibility index (Phi) is 10.4. The summed E-state index contributed by atoms with van der Waals surface area (Å²) in [7, 11) is 0. The monoisotopic (exact) mass is 262 g/mol. The number of hydrogen-bond donors (Lipinski definition) is 1. The van der Waals surface area contributed by atoms with Crippen molar-refractivity contribution >= 4 is 21.3 Å². The average Bonchev–Trinajstić information content (AvgIpc) is 1.97. The molecule has 0 saturated carbocycles. The SMILES string of the molecule is CCCC[Te]OCCCO. The van der Waals surface area contributed by atoms with Gasteiger partial charge in [0.25, 0.3) is 0 Å². The van der Waals surface area contributed by atoms with E-state index >= 15 is 0 Å². The van der Waals surface area contributed by atoms with Gasteiger partial charge in [-0.15, -0.1) is 0 Å². The first kappa shape index (κ1) is 10.7. The first-order valence-electron chi connectivity index (χ1n) is 3.77. The van der Waals surface area contributed by atoms with Crippen LogP contribution in [0.2, 0.25) is 4.47 Å². The Bertz CT molecular complexity index is 51.6. The van der Waals surface area contributed by atoms with Gasteiger partial charge in [0.1, 0.15) is 0 Å². The third kappa shape index (κ3) is 8.71. The van der Waals surface area contributed by atoms with Crippen LogP contribution in [0.15, 0.2) is 0 Å². The van der Waals surface area contributed by atoms with Gasteiger partial charge in [-0.25, -0.2) is 0 Å². The first-order valence-corrected chi connectivity index (χ1v) is 6.37. The second kappa shape index (κ2) is 9.71. The Balaban J connectivity index is 2.65. The van der Waals surface area contributed by atoms with E-state index < -0.39 is 0 Å². The fraction of sp³-hybridized carbons (Fsp3) is 1.00. The van der Waals surface area contributed by atoms with Gasteiger partial charge < -0.3 is 0 Å². The van der Waals surface area contributed by atoms with E-state index in [-0.39, 0.29) is 27.9 Å². The molecule has 10 heavy (non-hydrogen) atoms. The van der Waals surface area contributed by atoms with Crippen LogP contribution in [0.25, 0.3) is 0 Å². The molecule has 0 rings (SSSR count). The van der Waals surface area contributed by atoms with Crippen LogP contribution in [-0.4, -0.2) is 39.7 Å². The Morgan fingerprint density at radius 2 is 2.20 bits per heavy atom. The molecular formula is C7H16O2Te. The van der Waals surface area contributed by atoms with E-state index in [1.807, 2.05) is 0 Å². The van der Waals surface area contributed by atoms with Gasteiger partial charge in [-0.05, 0) is 0 Å². The topological polar surface area (TPSA) is 29.5 Å². The fourth-order valence-electron chi connectivity index (χ4n) is 0.445. The molecular weight excluding hydrogens is 244 g/mol. The van der Waals surface area contributed by atoms with Crippen molar-refractivity contribution in [2.24, 2.45) is 0 Å². The Labute approximate surface area is 73.6 Å². The summed E-state index contributed by atoms with van der Waals surface area (Å²) in [4.78, 5) is 0. The van der Waals surface area contributed by atoms with Crippen LogP contribution >= 0.6 is 0 Å². The molecule has 3 heteroatoms. The molecule has 0 spiro atoms. The zero-order chi connectivity index (χ0) is 7.66. The first-order chi connectivity index (χ1) is 4.91. The minimum absolute atomic E-state index is 0.162. The van der Waals surface area contributed by atoms with Gasteiger partial charge in [0.05, 0.1) is 0 Å². The van der Waals surface area contributed by atoms with E-state index in [9.17, 15) is 0 Å². The molecule has 2 nitrogen and oxygen atoms in total. The third-order valence-electron chi connectivity index (χ3n) is 1.05. The van der Waals surface area contributed by atoms with Gasteiger partial charge in [0.15, 0.2) is 0 Å². The molecule has 1 N–H and O–H groups in total. The van der Waals surface area contributed by atoms with Crippen molar-refractivity contribution in [3.63, 3.8) is 0 Å². The van der Waals surface area contributed by atoms with Crippen LogP contribution in [-0.2, 0) is 3.10 Å². The van der Waals surface area contributed by atoms with Crippen LogP contribution in [0.1, 0.15) is 26.2 Å². The van der Waals surface area contributed by atoms with E-state index in [0.717, 1.165) is 13.0 Å². The maximum absolute atomic E-state index is 8.40. The molecule has 0 aromatic heterocycles. The molecule has 0 aromatic carbocycles. The summed E-state index contributed by atoms with van der Waals surface area (Å²) in [5.41, 5.74) is 0. The molecule has 0 atom stereocenters. The summed E-state index contributed by atoms with van der Waals surface area (Å²) in [5, 5.41) is 8.40. The van der Waals surface area contributed by atoms with Gasteiger partial charge in [0.2, 0.25) is 0 Å². The van der Waals surface area contributed by atoms with Crippen molar-refractivity contribution in [1.82, 2.24) is 0 Å². The predicted molar refractivity (Wildman–Crippen MR) is 43.1 cm³/mol. The van der Waals surface area contributed by atoms with E-state index in [2.05, 4.69) is 6.92 Å². The third-order valence-corrected chi connectivity index (χ3v) is 3.30. The van der Waals surface area contributed by atoms with Crippen molar-refractivity contribution in [2.75, 3.05) is 13.2 Å². The maximum atomic E-state index is 8.40. The molecule has 0 unspecified atom stereocenters. The van der Waals surface area contributed by atoms with Gasteiger partial charge >= 0.3 is 73.4 Å². The van der Waals surface area contributed by atoms with Crippen molar-refractivity contribution in [1.29, 1.82) is 0 Å². The van der Waals surface area contributed by atoms with E-state index in [0.29, 0.717) is 0 Å². The second-order valence-electron chi connectivity index (χ2n) is 2.07. The second-order valence-corrected chi connectivity index (χ2v) is 4.59. The van der Waals surface area contributed by atoms with Crippen LogP contribution in [0.3, 0.4) is 0 Å². The molecule has 0 bridgehead atoms. The van der Waals surface area contributed by atoms with Crippen molar-refractivity contribution in [3.8, 4) is 0 Å². The molecule has 0 heterocycles. The van der Waals surface area contributed by atoms with Crippen molar-refractivity contribution in [2.45, 2.75) is 30.7 Å². The van der Waals surface area contributed by atoms with E-state index in [1.54, 1.807) is 0 Å². The van der Waals surface area contributed by atoms with E-state index in [4.69, 9.17) is 8.21 Å². The van der Waals surface area contributed by atoms with Gasteiger partial charge in [-0.1, -0.05) is 0 Å². The van der Waals surface area contributed by atoms with Crippen LogP contribution in [0.4, 0.5) is 0 Å². The molecule has 62 valence electrons.